The van der Waals surface area contributed by atoms with Gasteiger partial charge < -0.3 is 10.1 Å². The fourth-order valence-electron chi connectivity index (χ4n) is 2.29. The van der Waals surface area contributed by atoms with E-state index in [1.807, 2.05) is 24.6 Å². The van der Waals surface area contributed by atoms with Crippen molar-refractivity contribution in [2.75, 3.05) is 13.7 Å². The predicted molar refractivity (Wildman–Crippen MR) is 73.4 cm³/mol. The first-order chi connectivity index (χ1) is 8.40. The summed E-state index contributed by atoms with van der Waals surface area (Å²) in [6, 6.07) is 4.85. The maximum absolute atomic E-state index is 5.42. The molecular formula is C14H21NOS. The van der Waals surface area contributed by atoms with Gasteiger partial charge in [0.25, 0.3) is 0 Å². The molecule has 0 saturated carbocycles. The predicted octanol–water partition coefficient (Wildman–Crippen LogP) is 3.35. The summed E-state index contributed by atoms with van der Waals surface area (Å²) in [5.41, 5.74) is 1.44. The molecule has 1 aromatic heterocycles. The van der Waals surface area contributed by atoms with E-state index in [1.54, 1.807) is 0 Å². The van der Waals surface area contributed by atoms with Crippen molar-refractivity contribution in [3.05, 3.63) is 34.2 Å². The van der Waals surface area contributed by atoms with Crippen LogP contribution >= 0.6 is 11.3 Å². The largest absolute Gasteiger partial charge is 0.501 e. The smallest absolute Gasteiger partial charge is 0.0876 e. The number of ether oxygens (including phenoxy) is 1. The van der Waals surface area contributed by atoms with Gasteiger partial charge in [0.1, 0.15) is 0 Å². The van der Waals surface area contributed by atoms with Crippen molar-refractivity contribution in [2.24, 2.45) is 0 Å². The van der Waals surface area contributed by atoms with Gasteiger partial charge in [0.2, 0.25) is 0 Å². The van der Waals surface area contributed by atoms with E-state index in [4.69, 9.17) is 4.74 Å². The van der Waals surface area contributed by atoms with Crippen LogP contribution in [0.15, 0.2) is 29.3 Å². The molecule has 0 spiro atoms. The number of aryl methyl sites for hydroxylation is 1. The van der Waals surface area contributed by atoms with Crippen LogP contribution in [0.3, 0.4) is 0 Å². The summed E-state index contributed by atoms with van der Waals surface area (Å²) in [7, 11) is 2.05. The lowest BCUT2D eigenvalue weighted by molar-refractivity contribution is 0.219. The zero-order valence-corrected chi connectivity index (χ0v) is 11.3. The van der Waals surface area contributed by atoms with E-state index < -0.39 is 0 Å². The average molecular weight is 251 g/mol. The van der Waals surface area contributed by atoms with Crippen LogP contribution in [0, 0.1) is 0 Å². The molecule has 0 aromatic carbocycles. The van der Waals surface area contributed by atoms with Crippen molar-refractivity contribution in [1.82, 2.24) is 5.32 Å². The quantitative estimate of drug-likeness (QED) is 0.837. The minimum absolute atomic E-state index is 0.496. The maximum Gasteiger partial charge on any atom is 0.0876 e. The van der Waals surface area contributed by atoms with E-state index in [0.717, 1.165) is 13.0 Å². The van der Waals surface area contributed by atoms with E-state index in [-0.39, 0.29) is 0 Å². The topological polar surface area (TPSA) is 21.3 Å². The molecule has 2 heterocycles. The normalized spacial score (nSPS) is 17.4. The standard InChI is InChI=1S/C14H21NOS/c1-15-14(12-5-3-9-16-11-12)8-2-6-13-7-4-10-17-13/h4,7,10-11,14-15H,2-3,5-6,8-9H2,1H3. The summed E-state index contributed by atoms with van der Waals surface area (Å²) in [6.45, 7) is 0.884. The Morgan fingerprint density at radius 2 is 2.47 bits per heavy atom. The van der Waals surface area contributed by atoms with Gasteiger partial charge in [-0.05, 0) is 56.2 Å². The fraction of sp³-hybridized carbons (Fsp3) is 0.571. The maximum atomic E-state index is 5.42. The molecule has 17 heavy (non-hydrogen) atoms. The highest BCUT2D eigenvalue weighted by molar-refractivity contribution is 7.09. The van der Waals surface area contributed by atoms with E-state index in [2.05, 4.69) is 22.8 Å². The van der Waals surface area contributed by atoms with Gasteiger partial charge in [-0.15, -0.1) is 11.3 Å². The molecule has 1 aliphatic rings. The van der Waals surface area contributed by atoms with Gasteiger partial charge >= 0.3 is 0 Å². The highest BCUT2D eigenvalue weighted by Gasteiger charge is 2.14. The van der Waals surface area contributed by atoms with E-state index >= 15 is 0 Å². The van der Waals surface area contributed by atoms with Crippen molar-refractivity contribution in [2.45, 2.75) is 38.1 Å². The second kappa shape index (κ2) is 6.82. The highest BCUT2D eigenvalue weighted by Crippen LogP contribution is 2.20. The molecule has 0 radical (unpaired) electrons. The lowest BCUT2D eigenvalue weighted by atomic mass is 9.97. The first kappa shape index (κ1) is 12.7. The van der Waals surface area contributed by atoms with Crippen molar-refractivity contribution in [3.8, 4) is 0 Å². The van der Waals surface area contributed by atoms with Crippen LogP contribution in [-0.2, 0) is 11.2 Å². The Morgan fingerprint density at radius 3 is 3.12 bits per heavy atom. The van der Waals surface area contributed by atoms with Gasteiger partial charge in [0, 0.05) is 10.9 Å². The lowest BCUT2D eigenvalue weighted by Gasteiger charge is -2.22. The van der Waals surface area contributed by atoms with Gasteiger partial charge in [-0.2, -0.15) is 0 Å². The Balaban J connectivity index is 1.77. The molecule has 1 N–H and O–H groups in total. The van der Waals surface area contributed by atoms with Gasteiger partial charge in [-0.25, -0.2) is 0 Å². The second-order valence-electron chi connectivity index (χ2n) is 4.48. The number of hydrogen-bond donors (Lipinski definition) is 1. The van der Waals surface area contributed by atoms with Crippen LogP contribution in [0.4, 0.5) is 0 Å². The van der Waals surface area contributed by atoms with E-state index in [1.165, 1.54) is 36.1 Å². The molecule has 1 aliphatic heterocycles. The fourth-order valence-corrected chi connectivity index (χ4v) is 3.04. The van der Waals surface area contributed by atoms with Crippen LogP contribution in [0.2, 0.25) is 0 Å². The van der Waals surface area contributed by atoms with Crippen LogP contribution in [0.25, 0.3) is 0 Å². The van der Waals surface area contributed by atoms with Crippen molar-refractivity contribution in [1.29, 1.82) is 0 Å². The summed E-state index contributed by atoms with van der Waals surface area (Å²) in [5, 5.41) is 5.56. The third-order valence-electron chi connectivity index (χ3n) is 3.25. The SMILES string of the molecule is CNC(CCCc1cccs1)C1=COCCC1. The van der Waals surface area contributed by atoms with Crippen LogP contribution < -0.4 is 5.32 Å². The van der Waals surface area contributed by atoms with Crippen molar-refractivity contribution in [3.63, 3.8) is 0 Å². The molecule has 1 aromatic rings. The third-order valence-corrected chi connectivity index (χ3v) is 4.19. The molecule has 0 bridgehead atoms. The van der Waals surface area contributed by atoms with Gasteiger partial charge in [-0.3, -0.25) is 0 Å². The molecular weight excluding hydrogens is 230 g/mol. The Labute approximate surface area is 108 Å². The molecule has 2 nitrogen and oxygen atoms in total. The number of hydrogen-bond acceptors (Lipinski definition) is 3. The molecule has 0 fully saturated rings. The molecule has 0 saturated heterocycles. The second-order valence-corrected chi connectivity index (χ2v) is 5.51. The molecule has 3 heteroatoms. The molecule has 1 unspecified atom stereocenters. The van der Waals surface area contributed by atoms with Crippen LogP contribution in [-0.4, -0.2) is 19.7 Å². The number of nitrogens with one attached hydrogen (secondary N) is 1. The minimum Gasteiger partial charge on any atom is -0.501 e. The molecule has 0 amide bonds. The van der Waals surface area contributed by atoms with E-state index in [0.29, 0.717) is 6.04 Å². The monoisotopic (exact) mass is 251 g/mol. The average Bonchev–Trinajstić information content (AvgIpc) is 2.89. The molecule has 0 aliphatic carbocycles. The first-order valence-corrected chi connectivity index (χ1v) is 7.28. The summed E-state index contributed by atoms with van der Waals surface area (Å²) in [6.07, 6.45) is 7.95. The number of likely N-dealkylation sites (N-methyl/N-ethyl adjacent to an activating group) is 1. The summed E-state index contributed by atoms with van der Waals surface area (Å²) in [4.78, 5) is 1.49. The Kier molecular flexibility index (Phi) is 5.08. The van der Waals surface area contributed by atoms with Crippen LogP contribution in [0.5, 0.6) is 0 Å². The third kappa shape index (κ3) is 3.86. The summed E-state index contributed by atoms with van der Waals surface area (Å²) in [5.74, 6) is 0. The first-order valence-electron chi connectivity index (χ1n) is 6.40. The van der Waals surface area contributed by atoms with E-state index in [9.17, 15) is 0 Å². The minimum atomic E-state index is 0.496. The molecule has 2 rings (SSSR count). The summed E-state index contributed by atoms with van der Waals surface area (Å²) < 4.78 is 5.42. The molecule has 1 atom stereocenters. The van der Waals surface area contributed by atoms with Crippen molar-refractivity contribution < 1.29 is 4.74 Å². The zero-order chi connectivity index (χ0) is 11.9. The Hall–Kier alpha value is -0.800. The summed E-state index contributed by atoms with van der Waals surface area (Å²) >= 11 is 1.86. The number of rotatable bonds is 6. The Morgan fingerprint density at radius 1 is 1.53 bits per heavy atom. The van der Waals surface area contributed by atoms with Crippen molar-refractivity contribution >= 4 is 11.3 Å². The van der Waals surface area contributed by atoms with Gasteiger partial charge in [-0.1, -0.05) is 6.07 Å². The number of thiophene rings is 1. The van der Waals surface area contributed by atoms with Gasteiger partial charge in [0.15, 0.2) is 0 Å². The lowest BCUT2D eigenvalue weighted by Crippen LogP contribution is -2.28. The highest BCUT2D eigenvalue weighted by atomic mass is 32.1. The Bertz CT molecular complexity index is 345. The van der Waals surface area contributed by atoms with Crippen LogP contribution in [0.1, 0.15) is 30.6 Å². The molecule has 94 valence electrons. The zero-order valence-electron chi connectivity index (χ0n) is 10.4. The van der Waals surface area contributed by atoms with Gasteiger partial charge in [0.05, 0.1) is 12.9 Å².